The van der Waals surface area contributed by atoms with Crippen LogP contribution in [0.4, 0.5) is 0 Å². The lowest BCUT2D eigenvalue weighted by molar-refractivity contribution is 0.455. The highest BCUT2D eigenvalue weighted by molar-refractivity contribution is 7.08. The maximum absolute atomic E-state index is 4.53. The molecule has 2 aromatic heterocycles. The number of nitrogens with one attached hydrogen (secondary N) is 1. The third-order valence-corrected chi connectivity index (χ3v) is 4.46. The van der Waals surface area contributed by atoms with Gasteiger partial charge >= 0.3 is 0 Å². The second-order valence-electron chi connectivity index (χ2n) is 5.33. The molecule has 2 nitrogen and oxygen atoms in total. The molecule has 0 aliphatic heterocycles. The van der Waals surface area contributed by atoms with Crippen molar-refractivity contribution in [3.05, 3.63) is 53.4 Å². The predicted molar refractivity (Wildman–Crippen MR) is 92.5 cm³/mol. The van der Waals surface area contributed by atoms with Gasteiger partial charge in [0.05, 0.1) is 5.69 Å². The van der Waals surface area contributed by atoms with Gasteiger partial charge in [-0.05, 0) is 48.4 Å². The summed E-state index contributed by atoms with van der Waals surface area (Å²) in [6.07, 6.45) is 7.56. The fourth-order valence-corrected chi connectivity index (χ4v) is 3.02. The Morgan fingerprint density at radius 2 is 2.29 bits per heavy atom. The summed E-state index contributed by atoms with van der Waals surface area (Å²) in [5.41, 5.74) is 3.50. The van der Waals surface area contributed by atoms with Gasteiger partial charge in [-0.15, -0.1) is 6.58 Å². The van der Waals surface area contributed by atoms with E-state index >= 15 is 0 Å². The van der Waals surface area contributed by atoms with Crippen LogP contribution in [-0.4, -0.2) is 11.5 Å². The lowest BCUT2D eigenvalue weighted by Crippen LogP contribution is -2.17. The Morgan fingerprint density at radius 3 is 2.90 bits per heavy atom. The van der Waals surface area contributed by atoms with Crippen LogP contribution in [0, 0.1) is 5.92 Å². The number of allylic oxidation sites excluding steroid dienone is 1. The molecule has 2 aromatic rings. The first-order valence-corrected chi connectivity index (χ1v) is 8.57. The smallest absolute Gasteiger partial charge is 0.0710 e. The van der Waals surface area contributed by atoms with Gasteiger partial charge in [0.25, 0.3) is 0 Å². The molecule has 0 radical (unpaired) electrons. The minimum absolute atomic E-state index is 0.758. The fourth-order valence-electron chi connectivity index (χ4n) is 2.37. The summed E-state index contributed by atoms with van der Waals surface area (Å²) in [7, 11) is 0. The predicted octanol–water partition coefficient (Wildman–Crippen LogP) is 4.89. The van der Waals surface area contributed by atoms with Crippen molar-refractivity contribution in [1.82, 2.24) is 10.3 Å². The number of nitrogens with zero attached hydrogens (tertiary/aromatic N) is 1. The lowest BCUT2D eigenvalue weighted by Gasteiger charge is -2.12. The highest BCUT2D eigenvalue weighted by atomic mass is 32.1. The summed E-state index contributed by atoms with van der Waals surface area (Å²) in [5, 5.41) is 7.72. The molecule has 0 spiro atoms. The quantitative estimate of drug-likeness (QED) is 0.526. The van der Waals surface area contributed by atoms with Crippen molar-refractivity contribution in [1.29, 1.82) is 0 Å². The average molecular weight is 300 g/mol. The molecule has 0 aromatic carbocycles. The van der Waals surface area contributed by atoms with E-state index in [0.29, 0.717) is 0 Å². The Morgan fingerprint density at radius 1 is 1.38 bits per heavy atom. The van der Waals surface area contributed by atoms with Crippen molar-refractivity contribution in [2.45, 2.75) is 32.7 Å². The van der Waals surface area contributed by atoms with E-state index in [2.05, 4.69) is 52.8 Å². The zero-order valence-corrected chi connectivity index (χ0v) is 13.5. The molecule has 0 amide bonds. The molecule has 112 valence electrons. The number of thiophene rings is 1. The largest absolute Gasteiger partial charge is 0.313 e. The average Bonchev–Trinajstić information content (AvgIpc) is 3.05. The van der Waals surface area contributed by atoms with Crippen molar-refractivity contribution in [2.75, 3.05) is 6.54 Å². The number of hydrogen-bond acceptors (Lipinski definition) is 3. The molecule has 0 fully saturated rings. The van der Waals surface area contributed by atoms with Crippen LogP contribution in [0.5, 0.6) is 0 Å². The first-order valence-electron chi connectivity index (χ1n) is 7.62. The summed E-state index contributed by atoms with van der Waals surface area (Å²) in [5.74, 6) is 0.758. The minimum Gasteiger partial charge on any atom is -0.313 e. The normalized spacial score (nSPS) is 12.2. The summed E-state index contributed by atoms with van der Waals surface area (Å²) >= 11 is 1.70. The van der Waals surface area contributed by atoms with Crippen LogP contribution < -0.4 is 5.32 Å². The first-order chi connectivity index (χ1) is 10.3. The van der Waals surface area contributed by atoms with Crippen molar-refractivity contribution in [3.63, 3.8) is 0 Å². The van der Waals surface area contributed by atoms with E-state index in [4.69, 9.17) is 0 Å². The summed E-state index contributed by atoms with van der Waals surface area (Å²) in [4.78, 5) is 4.53. The minimum atomic E-state index is 0.758. The van der Waals surface area contributed by atoms with Crippen LogP contribution in [0.2, 0.25) is 0 Å². The molecule has 21 heavy (non-hydrogen) atoms. The molecule has 3 heteroatoms. The summed E-state index contributed by atoms with van der Waals surface area (Å²) in [6, 6.07) is 6.37. The Labute approximate surface area is 131 Å². The number of rotatable bonds is 9. The summed E-state index contributed by atoms with van der Waals surface area (Å²) in [6.45, 7) is 8.02. The number of aromatic nitrogens is 1. The molecule has 1 unspecified atom stereocenters. The van der Waals surface area contributed by atoms with Gasteiger partial charge in [0.1, 0.15) is 0 Å². The van der Waals surface area contributed by atoms with E-state index in [1.807, 2.05) is 12.3 Å². The van der Waals surface area contributed by atoms with Gasteiger partial charge in [-0.3, -0.25) is 4.98 Å². The summed E-state index contributed by atoms with van der Waals surface area (Å²) < 4.78 is 0. The molecule has 1 N–H and O–H groups in total. The SMILES string of the molecule is C=CCC(CC)CCNCc1ccc(-c2ccsc2)nc1. The van der Waals surface area contributed by atoms with E-state index in [-0.39, 0.29) is 0 Å². The van der Waals surface area contributed by atoms with Crippen LogP contribution in [0.15, 0.2) is 47.8 Å². The monoisotopic (exact) mass is 300 g/mol. The fraction of sp³-hybridized carbons (Fsp3) is 0.389. The van der Waals surface area contributed by atoms with E-state index in [0.717, 1.165) is 31.1 Å². The third-order valence-electron chi connectivity index (χ3n) is 3.78. The molecule has 0 aliphatic rings. The molecule has 2 rings (SSSR count). The molecule has 2 heterocycles. The number of pyridine rings is 1. The van der Waals surface area contributed by atoms with Crippen LogP contribution in [0.1, 0.15) is 31.7 Å². The Kier molecular flexibility index (Phi) is 6.64. The standard InChI is InChI=1S/C18H24N2S/c1-3-5-15(4-2)8-10-19-12-16-6-7-18(20-13-16)17-9-11-21-14-17/h3,6-7,9,11,13-15,19H,1,4-5,8,10,12H2,2H3. The molecular weight excluding hydrogens is 276 g/mol. The highest BCUT2D eigenvalue weighted by Gasteiger charge is 2.04. The molecule has 1 atom stereocenters. The Hall–Kier alpha value is -1.45. The van der Waals surface area contributed by atoms with Gasteiger partial charge in [-0.1, -0.05) is 25.5 Å². The first kappa shape index (κ1) is 15.9. The third kappa shape index (κ3) is 5.10. The van der Waals surface area contributed by atoms with Crippen LogP contribution in [0.3, 0.4) is 0 Å². The van der Waals surface area contributed by atoms with Gasteiger partial charge in [0.2, 0.25) is 0 Å². The zero-order valence-electron chi connectivity index (χ0n) is 12.7. The van der Waals surface area contributed by atoms with Gasteiger partial charge in [-0.25, -0.2) is 0 Å². The van der Waals surface area contributed by atoms with E-state index in [1.54, 1.807) is 11.3 Å². The van der Waals surface area contributed by atoms with E-state index in [9.17, 15) is 0 Å². The van der Waals surface area contributed by atoms with E-state index in [1.165, 1.54) is 24.0 Å². The van der Waals surface area contributed by atoms with Crippen LogP contribution >= 0.6 is 11.3 Å². The molecule has 0 saturated heterocycles. The zero-order chi connectivity index (χ0) is 14.9. The van der Waals surface area contributed by atoms with Crippen LogP contribution in [0.25, 0.3) is 11.3 Å². The van der Waals surface area contributed by atoms with E-state index < -0.39 is 0 Å². The molecule has 0 bridgehead atoms. The Bertz CT molecular complexity index is 517. The maximum atomic E-state index is 4.53. The van der Waals surface area contributed by atoms with Crippen molar-refractivity contribution >= 4 is 11.3 Å². The van der Waals surface area contributed by atoms with Crippen LogP contribution in [-0.2, 0) is 6.54 Å². The van der Waals surface area contributed by atoms with Crippen molar-refractivity contribution in [2.24, 2.45) is 5.92 Å². The maximum Gasteiger partial charge on any atom is 0.0710 e. The molecule has 0 saturated carbocycles. The van der Waals surface area contributed by atoms with Gasteiger partial charge < -0.3 is 5.32 Å². The second kappa shape index (κ2) is 8.75. The Balaban J connectivity index is 1.75. The highest BCUT2D eigenvalue weighted by Crippen LogP contribution is 2.19. The number of hydrogen-bond donors (Lipinski definition) is 1. The van der Waals surface area contributed by atoms with Crippen molar-refractivity contribution < 1.29 is 0 Å². The topological polar surface area (TPSA) is 24.9 Å². The van der Waals surface area contributed by atoms with Gasteiger partial charge in [0.15, 0.2) is 0 Å². The van der Waals surface area contributed by atoms with Gasteiger partial charge in [0, 0.05) is 23.7 Å². The lowest BCUT2D eigenvalue weighted by atomic mass is 9.98. The molecular formula is C18H24N2S. The van der Waals surface area contributed by atoms with Gasteiger partial charge in [-0.2, -0.15) is 11.3 Å². The molecule has 0 aliphatic carbocycles. The second-order valence-corrected chi connectivity index (χ2v) is 6.11. The van der Waals surface area contributed by atoms with Crippen molar-refractivity contribution in [3.8, 4) is 11.3 Å².